The third-order valence-corrected chi connectivity index (χ3v) is 4.56. The summed E-state index contributed by atoms with van der Waals surface area (Å²) in [5, 5.41) is 4.27. The Bertz CT molecular complexity index is 607. The van der Waals surface area contributed by atoms with Gasteiger partial charge in [0.1, 0.15) is 0 Å². The lowest BCUT2D eigenvalue weighted by atomic mass is 9.79. The Kier molecular flexibility index (Phi) is 4.75. The molecule has 1 atom stereocenters. The molecule has 0 fully saturated rings. The van der Waals surface area contributed by atoms with Crippen molar-refractivity contribution >= 4 is 29.2 Å². The first-order valence-electron chi connectivity index (χ1n) is 7.77. The quantitative estimate of drug-likeness (QED) is 0.510. The summed E-state index contributed by atoms with van der Waals surface area (Å²) in [4.78, 5) is 2.50. The number of hydrogen-bond donors (Lipinski definition) is 2. The van der Waals surface area contributed by atoms with E-state index < -0.39 is 0 Å². The standard InChI is InChI=1S/C17H26N4S/c1-6-21-15-7-11(2)13(10-19-20-16(18)22)8-14(15)12(3)9-17(21,4)5/h7-8,10,12H,6,9H2,1-5H3,(H3,18,20,22)/b19-10-. The van der Waals surface area contributed by atoms with Crippen LogP contribution in [0.15, 0.2) is 17.2 Å². The average Bonchev–Trinajstić information content (AvgIpc) is 2.39. The summed E-state index contributed by atoms with van der Waals surface area (Å²) in [6, 6.07) is 4.52. The highest BCUT2D eigenvalue weighted by Gasteiger charge is 2.35. The molecule has 1 aliphatic heterocycles. The van der Waals surface area contributed by atoms with Gasteiger partial charge in [-0.15, -0.1) is 0 Å². The maximum absolute atomic E-state index is 5.39. The molecule has 0 radical (unpaired) electrons. The van der Waals surface area contributed by atoms with Crippen LogP contribution in [0, 0.1) is 6.92 Å². The molecule has 1 heterocycles. The second-order valence-electron chi connectivity index (χ2n) is 6.66. The van der Waals surface area contributed by atoms with Gasteiger partial charge in [-0.1, -0.05) is 6.92 Å². The number of hydrogen-bond acceptors (Lipinski definition) is 3. The third-order valence-electron chi connectivity index (χ3n) is 4.47. The smallest absolute Gasteiger partial charge is 0.184 e. The van der Waals surface area contributed by atoms with Crippen LogP contribution in [0.4, 0.5) is 5.69 Å². The maximum atomic E-state index is 5.39. The number of nitrogens with two attached hydrogens (primary N) is 1. The van der Waals surface area contributed by atoms with E-state index in [0.717, 1.165) is 18.5 Å². The van der Waals surface area contributed by atoms with Crippen LogP contribution in [0.25, 0.3) is 0 Å². The molecular weight excluding hydrogens is 292 g/mol. The Labute approximate surface area is 138 Å². The van der Waals surface area contributed by atoms with Crippen molar-refractivity contribution in [2.45, 2.75) is 52.5 Å². The van der Waals surface area contributed by atoms with E-state index in [0.29, 0.717) is 5.92 Å². The molecule has 1 aliphatic rings. The fourth-order valence-electron chi connectivity index (χ4n) is 3.55. The van der Waals surface area contributed by atoms with Gasteiger partial charge in [0, 0.05) is 17.8 Å². The predicted molar refractivity (Wildman–Crippen MR) is 98.8 cm³/mol. The molecule has 1 unspecified atom stereocenters. The molecule has 22 heavy (non-hydrogen) atoms. The average molecular weight is 318 g/mol. The summed E-state index contributed by atoms with van der Waals surface area (Å²) < 4.78 is 0. The van der Waals surface area contributed by atoms with Crippen molar-refractivity contribution in [2.24, 2.45) is 10.8 Å². The number of anilines is 1. The van der Waals surface area contributed by atoms with Crippen molar-refractivity contribution in [3.8, 4) is 0 Å². The number of hydrazone groups is 1. The van der Waals surface area contributed by atoms with Crippen LogP contribution in [0.5, 0.6) is 0 Å². The highest BCUT2D eigenvalue weighted by atomic mass is 32.1. The molecule has 2 rings (SSSR count). The first kappa shape index (κ1) is 16.7. The van der Waals surface area contributed by atoms with E-state index in [9.17, 15) is 0 Å². The summed E-state index contributed by atoms with van der Waals surface area (Å²) >= 11 is 4.76. The number of rotatable bonds is 3. The van der Waals surface area contributed by atoms with Gasteiger partial charge in [0.05, 0.1) is 6.21 Å². The van der Waals surface area contributed by atoms with E-state index in [-0.39, 0.29) is 10.7 Å². The van der Waals surface area contributed by atoms with Crippen molar-refractivity contribution in [3.05, 3.63) is 28.8 Å². The van der Waals surface area contributed by atoms with Gasteiger partial charge in [-0.25, -0.2) is 0 Å². The Morgan fingerprint density at radius 1 is 1.55 bits per heavy atom. The maximum Gasteiger partial charge on any atom is 0.184 e. The van der Waals surface area contributed by atoms with Crippen molar-refractivity contribution in [1.29, 1.82) is 0 Å². The summed E-state index contributed by atoms with van der Waals surface area (Å²) in [5.41, 5.74) is 13.2. The van der Waals surface area contributed by atoms with E-state index in [1.165, 1.54) is 16.8 Å². The normalized spacial score (nSPS) is 20.0. The topological polar surface area (TPSA) is 53.6 Å². The molecule has 1 aromatic rings. The molecule has 0 spiro atoms. The molecule has 0 saturated heterocycles. The Morgan fingerprint density at radius 2 is 2.23 bits per heavy atom. The molecule has 3 N–H and O–H groups in total. The molecule has 5 heteroatoms. The van der Waals surface area contributed by atoms with Crippen LogP contribution < -0.4 is 16.1 Å². The fraction of sp³-hybridized carbons (Fsp3) is 0.529. The Balaban J connectivity index is 2.44. The molecular formula is C17H26N4S. The number of thiocarbonyl (C=S) groups is 1. The number of aryl methyl sites for hydroxylation is 1. The largest absolute Gasteiger partial charge is 0.375 e. The van der Waals surface area contributed by atoms with Crippen LogP contribution in [0.2, 0.25) is 0 Å². The first-order valence-corrected chi connectivity index (χ1v) is 8.17. The van der Waals surface area contributed by atoms with E-state index in [2.05, 4.69) is 62.2 Å². The molecule has 120 valence electrons. The van der Waals surface area contributed by atoms with Gasteiger partial charge in [-0.05, 0) is 81.1 Å². The van der Waals surface area contributed by atoms with Gasteiger partial charge < -0.3 is 10.6 Å². The number of nitrogens with one attached hydrogen (secondary N) is 1. The second kappa shape index (κ2) is 6.24. The van der Waals surface area contributed by atoms with Crippen LogP contribution in [-0.4, -0.2) is 23.4 Å². The van der Waals surface area contributed by atoms with Crippen LogP contribution in [0.1, 0.15) is 56.7 Å². The summed E-state index contributed by atoms with van der Waals surface area (Å²) in [6.45, 7) is 12.3. The van der Waals surface area contributed by atoms with Gasteiger partial charge >= 0.3 is 0 Å². The van der Waals surface area contributed by atoms with Crippen molar-refractivity contribution < 1.29 is 0 Å². The fourth-order valence-corrected chi connectivity index (χ4v) is 3.61. The molecule has 0 aromatic heterocycles. The first-order chi connectivity index (χ1) is 10.3. The molecule has 4 nitrogen and oxygen atoms in total. The summed E-state index contributed by atoms with van der Waals surface area (Å²) in [7, 11) is 0. The lowest BCUT2D eigenvalue weighted by Crippen LogP contribution is -2.48. The Morgan fingerprint density at radius 3 is 2.82 bits per heavy atom. The number of fused-ring (bicyclic) bond motifs is 1. The van der Waals surface area contributed by atoms with Gasteiger partial charge in [-0.2, -0.15) is 5.10 Å². The zero-order valence-electron chi connectivity index (χ0n) is 14.1. The minimum Gasteiger partial charge on any atom is -0.375 e. The van der Waals surface area contributed by atoms with E-state index >= 15 is 0 Å². The van der Waals surface area contributed by atoms with Gasteiger partial charge in [0.15, 0.2) is 5.11 Å². The highest BCUT2D eigenvalue weighted by Crippen LogP contribution is 2.43. The second-order valence-corrected chi connectivity index (χ2v) is 7.10. The van der Waals surface area contributed by atoms with Crippen molar-refractivity contribution in [2.75, 3.05) is 11.4 Å². The van der Waals surface area contributed by atoms with Crippen LogP contribution in [0.3, 0.4) is 0 Å². The molecule has 1 aromatic carbocycles. The van der Waals surface area contributed by atoms with E-state index in [1.807, 2.05) is 0 Å². The Hall–Kier alpha value is -1.62. The number of nitrogens with zero attached hydrogens (tertiary/aromatic N) is 2. The van der Waals surface area contributed by atoms with Crippen LogP contribution in [-0.2, 0) is 0 Å². The van der Waals surface area contributed by atoms with Crippen molar-refractivity contribution in [3.63, 3.8) is 0 Å². The van der Waals surface area contributed by atoms with Crippen molar-refractivity contribution in [1.82, 2.24) is 5.43 Å². The molecule has 0 aliphatic carbocycles. The lowest BCUT2D eigenvalue weighted by molar-refractivity contribution is 0.381. The lowest BCUT2D eigenvalue weighted by Gasteiger charge is -2.47. The minimum absolute atomic E-state index is 0.180. The van der Waals surface area contributed by atoms with E-state index in [4.69, 9.17) is 18.0 Å². The third kappa shape index (κ3) is 3.24. The van der Waals surface area contributed by atoms with Gasteiger partial charge in [0.2, 0.25) is 0 Å². The highest BCUT2D eigenvalue weighted by molar-refractivity contribution is 7.80. The monoisotopic (exact) mass is 318 g/mol. The molecule has 0 amide bonds. The van der Waals surface area contributed by atoms with E-state index in [1.54, 1.807) is 6.21 Å². The molecule has 0 bridgehead atoms. The summed E-state index contributed by atoms with van der Waals surface area (Å²) in [6.07, 6.45) is 2.94. The zero-order chi connectivity index (χ0) is 16.5. The molecule has 0 saturated carbocycles. The predicted octanol–water partition coefficient (Wildman–Crippen LogP) is 3.27. The number of benzene rings is 1. The minimum atomic E-state index is 0.180. The zero-order valence-corrected chi connectivity index (χ0v) is 14.9. The summed E-state index contributed by atoms with van der Waals surface area (Å²) in [5.74, 6) is 0.532. The van der Waals surface area contributed by atoms with Gasteiger partial charge in [0.25, 0.3) is 0 Å². The SMILES string of the molecule is CCN1c2cc(C)c(/C=N\NC(N)=S)cc2C(C)CC1(C)C. The van der Waals surface area contributed by atoms with Crippen LogP contribution >= 0.6 is 12.2 Å². The van der Waals surface area contributed by atoms with Gasteiger partial charge in [-0.3, -0.25) is 5.43 Å².